The highest BCUT2D eigenvalue weighted by atomic mass is 16.2. The van der Waals surface area contributed by atoms with Crippen molar-refractivity contribution in [3.05, 3.63) is 24.4 Å². The molecule has 24 heavy (non-hydrogen) atoms. The molecule has 4 heteroatoms. The maximum atomic E-state index is 13.1. The number of piperazine rings is 1. The van der Waals surface area contributed by atoms with Crippen LogP contribution in [0.25, 0.3) is 0 Å². The van der Waals surface area contributed by atoms with Crippen LogP contribution in [0.2, 0.25) is 0 Å². The molecule has 0 spiro atoms. The fourth-order valence-electron chi connectivity index (χ4n) is 5.20. The van der Waals surface area contributed by atoms with Gasteiger partial charge in [0.25, 0.3) is 0 Å². The van der Waals surface area contributed by atoms with E-state index in [2.05, 4.69) is 27.8 Å². The molecule has 2 unspecified atom stereocenters. The first-order valence-electron chi connectivity index (χ1n) is 9.67. The average Bonchev–Trinajstić information content (AvgIpc) is 2.61. The Morgan fingerprint density at radius 3 is 2.58 bits per heavy atom. The topological polar surface area (TPSA) is 36.4 Å². The molecule has 1 aromatic heterocycles. The van der Waals surface area contributed by atoms with E-state index < -0.39 is 0 Å². The van der Waals surface area contributed by atoms with Crippen molar-refractivity contribution >= 4 is 11.7 Å². The van der Waals surface area contributed by atoms with Crippen LogP contribution in [0.1, 0.15) is 45.4 Å². The molecule has 4 nitrogen and oxygen atoms in total. The summed E-state index contributed by atoms with van der Waals surface area (Å²) in [4.78, 5) is 22.1. The number of carbonyl (C=O) groups is 1. The van der Waals surface area contributed by atoms with Gasteiger partial charge < -0.3 is 9.80 Å². The second kappa shape index (κ2) is 6.73. The number of fused-ring (bicyclic) bond motifs is 2. The van der Waals surface area contributed by atoms with Crippen molar-refractivity contribution < 1.29 is 4.79 Å². The third-order valence-corrected chi connectivity index (χ3v) is 6.36. The van der Waals surface area contributed by atoms with Crippen LogP contribution in [-0.4, -0.2) is 41.5 Å². The van der Waals surface area contributed by atoms with E-state index in [0.717, 1.165) is 50.1 Å². The van der Waals surface area contributed by atoms with Crippen molar-refractivity contribution in [2.24, 2.45) is 17.8 Å². The first kappa shape index (κ1) is 15.9. The summed E-state index contributed by atoms with van der Waals surface area (Å²) in [5.41, 5.74) is 0. The molecule has 4 rings (SSSR count). The number of anilines is 1. The fraction of sp³-hybridized carbons (Fsp3) is 0.700. The number of carbonyl (C=O) groups excluding carboxylic acids is 1. The predicted molar refractivity (Wildman–Crippen MR) is 95.8 cm³/mol. The predicted octanol–water partition coefficient (Wildman–Crippen LogP) is 3.34. The van der Waals surface area contributed by atoms with Gasteiger partial charge in [-0.3, -0.25) is 4.79 Å². The largest absolute Gasteiger partial charge is 0.353 e. The van der Waals surface area contributed by atoms with E-state index in [1.165, 1.54) is 25.7 Å². The quantitative estimate of drug-likeness (QED) is 0.836. The normalized spacial score (nSPS) is 33.4. The summed E-state index contributed by atoms with van der Waals surface area (Å²) in [5, 5.41) is 0. The number of hydrogen-bond acceptors (Lipinski definition) is 3. The second-order valence-corrected chi connectivity index (χ2v) is 8.08. The third kappa shape index (κ3) is 3.15. The summed E-state index contributed by atoms with van der Waals surface area (Å²) in [6.07, 6.45) is 9.60. The zero-order valence-electron chi connectivity index (χ0n) is 14.7. The lowest BCUT2D eigenvalue weighted by Crippen LogP contribution is -2.56. The molecule has 0 radical (unpaired) electrons. The summed E-state index contributed by atoms with van der Waals surface area (Å²) >= 11 is 0. The van der Waals surface area contributed by atoms with Gasteiger partial charge in [0.05, 0.1) is 0 Å². The van der Waals surface area contributed by atoms with Crippen LogP contribution < -0.4 is 4.90 Å². The SMILES string of the molecule is C[C@@H]1CN(c2ccccn2)CCN1C(=O)C1CC2CCCC(C2)C1. The van der Waals surface area contributed by atoms with Crippen LogP contribution in [0.4, 0.5) is 5.82 Å². The molecule has 3 aliphatic rings. The first-order chi connectivity index (χ1) is 11.7. The molecule has 2 aliphatic carbocycles. The summed E-state index contributed by atoms with van der Waals surface area (Å²) < 4.78 is 0. The average molecular weight is 327 g/mol. The van der Waals surface area contributed by atoms with Gasteiger partial charge in [-0.2, -0.15) is 0 Å². The summed E-state index contributed by atoms with van der Waals surface area (Å²) in [5.74, 6) is 3.38. The van der Waals surface area contributed by atoms with Crippen molar-refractivity contribution in [1.82, 2.24) is 9.88 Å². The van der Waals surface area contributed by atoms with Gasteiger partial charge in [0.1, 0.15) is 5.82 Å². The number of amides is 1. The minimum absolute atomic E-state index is 0.273. The lowest BCUT2D eigenvalue weighted by Gasteiger charge is -2.44. The summed E-state index contributed by atoms with van der Waals surface area (Å²) in [6, 6.07) is 6.32. The molecule has 1 aliphatic heterocycles. The summed E-state index contributed by atoms with van der Waals surface area (Å²) in [7, 11) is 0. The van der Waals surface area contributed by atoms with Crippen LogP contribution in [0, 0.1) is 17.8 Å². The van der Waals surface area contributed by atoms with Crippen molar-refractivity contribution in [1.29, 1.82) is 0 Å². The second-order valence-electron chi connectivity index (χ2n) is 8.08. The molecule has 1 amide bonds. The third-order valence-electron chi connectivity index (χ3n) is 6.36. The monoisotopic (exact) mass is 327 g/mol. The highest BCUT2D eigenvalue weighted by Crippen LogP contribution is 2.43. The van der Waals surface area contributed by atoms with Crippen molar-refractivity contribution in [3.63, 3.8) is 0 Å². The molecule has 2 heterocycles. The molecule has 130 valence electrons. The Labute approximate surface area is 145 Å². The lowest BCUT2D eigenvalue weighted by molar-refractivity contribution is -0.140. The van der Waals surface area contributed by atoms with E-state index in [1.54, 1.807) is 0 Å². The van der Waals surface area contributed by atoms with Crippen molar-refractivity contribution in [2.45, 2.75) is 51.5 Å². The molecule has 2 saturated carbocycles. The number of nitrogens with zero attached hydrogens (tertiary/aromatic N) is 3. The molecule has 0 aromatic carbocycles. The van der Waals surface area contributed by atoms with Gasteiger partial charge in [-0.05, 0) is 50.2 Å². The summed E-state index contributed by atoms with van der Waals surface area (Å²) in [6.45, 7) is 4.81. The van der Waals surface area contributed by atoms with E-state index >= 15 is 0 Å². The van der Waals surface area contributed by atoms with Crippen LogP contribution in [-0.2, 0) is 4.79 Å². The first-order valence-corrected chi connectivity index (χ1v) is 9.67. The Bertz CT molecular complexity index is 564. The molecular weight excluding hydrogens is 298 g/mol. The van der Waals surface area contributed by atoms with Crippen molar-refractivity contribution in [2.75, 3.05) is 24.5 Å². The molecule has 2 bridgehead atoms. The number of rotatable bonds is 2. The van der Waals surface area contributed by atoms with Gasteiger partial charge in [0.2, 0.25) is 5.91 Å². The van der Waals surface area contributed by atoms with Gasteiger partial charge in [-0.15, -0.1) is 0 Å². The Morgan fingerprint density at radius 2 is 1.92 bits per heavy atom. The maximum absolute atomic E-state index is 13.1. The minimum Gasteiger partial charge on any atom is -0.353 e. The van der Waals surface area contributed by atoms with E-state index in [9.17, 15) is 4.79 Å². The van der Waals surface area contributed by atoms with Gasteiger partial charge in [-0.25, -0.2) is 4.98 Å². The smallest absolute Gasteiger partial charge is 0.226 e. The van der Waals surface area contributed by atoms with Gasteiger partial charge in [0, 0.05) is 37.8 Å². The zero-order valence-corrected chi connectivity index (χ0v) is 14.7. The van der Waals surface area contributed by atoms with E-state index in [0.29, 0.717) is 5.91 Å². The Kier molecular flexibility index (Phi) is 4.47. The van der Waals surface area contributed by atoms with Gasteiger partial charge in [0.15, 0.2) is 0 Å². The molecular formula is C20H29N3O. The van der Waals surface area contributed by atoms with E-state index in [1.807, 2.05) is 18.3 Å². The zero-order chi connectivity index (χ0) is 16.5. The Morgan fingerprint density at radius 1 is 1.12 bits per heavy atom. The highest BCUT2D eigenvalue weighted by Gasteiger charge is 2.38. The lowest BCUT2D eigenvalue weighted by atomic mass is 9.67. The number of aromatic nitrogens is 1. The molecule has 3 atom stereocenters. The molecule has 1 aromatic rings. The number of hydrogen-bond donors (Lipinski definition) is 0. The standard InChI is InChI=1S/C20H29N3O/c1-15-14-22(19-7-2-3-8-21-19)9-10-23(15)20(24)18-12-16-5-4-6-17(11-16)13-18/h2-3,7-8,15-18H,4-6,9-14H2,1H3/t15-,16?,17?,18?/m1/s1. The Balaban J connectivity index is 1.39. The fourth-order valence-corrected chi connectivity index (χ4v) is 5.20. The number of pyridine rings is 1. The molecule has 0 N–H and O–H groups in total. The van der Waals surface area contributed by atoms with Gasteiger partial charge in [-0.1, -0.05) is 25.3 Å². The maximum Gasteiger partial charge on any atom is 0.226 e. The molecule has 3 fully saturated rings. The van der Waals surface area contributed by atoms with Gasteiger partial charge >= 0.3 is 0 Å². The highest BCUT2D eigenvalue weighted by molar-refractivity contribution is 5.79. The minimum atomic E-state index is 0.273. The van der Waals surface area contributed by atoms with Crippen LogP contribution in [0.3, 0.4) is 0 Å². The van der Waals surface area contributed by atoms with Crippen molar-refractivity contribution in [3.8, 4) is 0 Å². The van der Waals surface area contributed by atoms with Crippen LogP contribution >= 0.6 is 0 Å². The molecule has 1 saturated heterocycles. The van der Waals surface area contributed by atoms with Crippen LogP contribution in [0.15, 0.2) is 24.4 Å². The van der Waals surface area contributed by atoms with Crippen LogP contribution in [0.5, 0.6) is 0 Å². The Hall–Kier alpha value is -1.58. The van der Waals surface area contributed by atoms with E-state index in [4.69, 9.17) is 0 Å². The van der Waals surface area contributed by atoms with E-state index in [-0.39, 0.29) is 12.0 Å².